The van der Waals surface area contributed by atoms with Crippen LogP contribution in [0.25, 0.3) is 4.96 Å². The topological polar surface area (TPSA) is 46.6 Å². The molecule has 1 unspecified atom stereocenters. The van der Waals surface area contributed by atoms with E-state index in [4.69, 9.17) is 10.7 Å². The van der Waals surface area contributed by atoms with Crippen molar-refractivity contribution in [2.24, 2.45) is 5.73 Å². The number of thioether (sulfide) groups is 1. The van der Waals surface area contributed by atoms with Gasteiger partial charge >= 0.3 is 0 Å². The minimum absolute atomic E-state index is 0.509. The van der Waals surface area contributed by atoms with Crippen LogP contribution in [-0.2, 0) is 6.54 Å². The zero-order chi connectivity index (χ0) is 13.1. The fourth-order valence-corrected chi connectivity index (χ4v) is 3.73. The maximum absolute atomic E-state index is 5.89. The molecule has 2 rings (SSSR count). The lowest BCUT2D eigenvalue weighted by molar-refractivity contribution is 0.664. The maximum Gasteiger partial charge on any atom is 0.195 e. The van der Waals surface area contributed by atoms with Gasteiger partial charge in [0.15, 0.2) is 10.8 Å². The third-order valence-corrected chi connectivity index (χ3v) is 4.72. The SMILES string of the molecule is CCC(CSC)N(C)c1nc2sccn2c1CN. The highest BCUT2D eigenvalue weighted by atomic mass is 32.2. The predicted octanol–water partition coefficient (Wildman–Crippen LogP) is 2.43. The minimum atomic E-state index is 0.509. The number of aromatic nitrogens is 2. The van der Waals surface area contributed by atoms with Gasteiger partial charge in [-0.05, 0) is 12.7 Å². The zero-order valence-electron chi connectivity index (χ0n) is 11.1. The van der Waals surface area contributed by atoms with E-state index in [0.717, 1.165) is 28.6 Å². The lowest BCUT2D eigenvalue weighted by atomic mass is 10.2. The van der Waals surface area contributed by atoms with Gasteiger partial charge in [0.25, 0.3) is 0 Å². The number of fused-ring (bicyclic) bond motifs is 1. The van der Waals surface area contributed by atoms with Crippen LogP contribution < -0.4 is 10.6 Å². The standard InChI is InChI=1S/C12H20N4S2/c1-4-9(8-17-3)15(2)11-10(7-13)16-5-6-18-12(16)14-11/h5-6,9H,4,7-8,13H2,1-3H3. The molecule has 0 aromatic carbocycles. The number of nitrogens with zero attached hydrogens (tertiary/aromatic N) is 3. The van der Waals surface area contributed by atoms with E-state index < -0.39 is 0 Å². The molecule has 1 atom stereocenters. The van der Waals surface area contributed by atoms with Gasteiger partial charge in [-0.25, -0.2) is 4.98 Å². The Bertz CT molecular complexity index is 505. The lowest BCUT2D eigenvalue weighted by Crippen LogP contribution is -2.34. The van der Waals surface area contributed by atoms with Crippen molar-refractivity contribution in [1.29, 1.82) is 0 Å². The molecule has 6 heteroatoms. The molecular weight excluding hydrogens is 264 g/mol. The Kier molecular flexibility index (Phi) is 4.53. The summed E-state index contributed by atoms with van der Waals surface area (Å²) < 4.78 is 2.10. The number of nitrogens with two attached hydrogens (primary N) is 1. The van der Waals surface area contributed by atoms with Crippen molar-refractivity contribution in [3.05, 3.63) is 17.3 Å². The second-order valence-electron chi connectivity index (χ2n) is 4.27. The molecule has 4 nitrogen and oxygen atoms in total. The van der Waals surface area contributed by atoms with Crippen LogP contribution >= 0.6 is 23.1 Å². The summed E-state index contributed by atoms with van der Waals surface area (Å²) in [6, 6.07) is 0.509. The average Bonchev–Trinajstić information content (AvgIpc) is 2.94. The Morgan fingerprint density at radius 2 is 2.39 bits per heavy atom. The van der Waals surface area contributed by atoms with Crippen LogP contribution in [-0.4, -0.2) is 34.5 Å². The Morgan fingerprint density at radius 1 is 1.61 bits per heavy atom. The highest BCUT2D eigenvalue weighted by Gasteiger charge is 2.20. The highest BCUT2D eigenvalue weighted by Crippen LogP contribution is 2.26. The highest BCUT2D eigenvalue weighted by molar-refractivity contribution is 7.98. The van der Waals surface area contributed by atoms with E-state index in [-0.39, 0.29) is 0 Å². The van der Waals surface area contributed by atoms with Gasteiger partial charge in [-0.15, -0.1) is 11.3 Å². The van der Waals surface area contributed by atoms with Gasteiger partial charge in [0.2, 0.25) is 0 Å². The third kappa shape index (κ3) is 2.37. The first-order chi connectivity index (χ1) is 8.72. The molecule has 0 saturated heterocycles. The van der Waals surface area contributed by atoms with Crippen molar-refractivity contribution >= 4 is 33.9 Å². The van der Waals surface area contributed by atoms with Crippen LogP contribution in [0.5, 0.6) is 0 Å². The van der Waals surface area contributed by atoms with E-state index >= 15 is 0 Å². The molecule has 0 saturated carbocycles. The van der Waals surface area contributed by atoms with Crippen molar-refractivity contribution in [2.75, 3.05) is 24.0 Å². The fourth-order valence-electron chi connectivity index (χ4n) is 2.16. The Hall–Kier alpha value is -0.720. The first kappa shape index (κ1) is 13.7. The number of hydrogen-bond donors (Lipinski definition) is 1. The molecule has 100 valence electrons. The summed E-state index contributed by atoms with van der Waals surface area (Å²) in [5.41, 5.74) is 6.99. The number of imidazole rings is 1. The first-order valence-electron chi connectivity index (χ1n) is 6.09. The van der Waals surface area contributed by atoms with E-state index in [1.807, 2.05) is 23.3 Å². The largest absolute Gasteiger partial charge is 0.354 e. The van der Waals surface area contributed by atoms with Crippen LogP contribution in [0.1, 0.15) is 19.0 Å². The van der Waals surface area contributed by atoms with Crippen LogP contribution in [0, 0.1) is 0 Å². The van der Waals surface area contributed by atoms with Gasteiger partial charge < -0.3 is 10.6 Å². The third-order valence-electron chi connectivity index (χ3n) is 3.25. The van der Waals surface area contributed by atoms with Crippen molar-refractivity contribution in [3.8, 4) is 0 Å². The van der Waals surface area contributed by atoms with Crippen LogP contribution in [0.3, 0.4) is 0 Å². The normalized spacial score (nSPS) is 13.1. The number of thiazole rings is 1. The van der Waals surface area contributed by atoms with Crippen molar-refractivity contribution in [2.45, 2.75) is 25.9 Å². The molecule has 2 N–H and O–H groups in total. The molecule has 2 heterocycles. The smallest absolute Gasteiger partial charge is 0.195 e. The summed E-state index contributed by atoms with van der Waals surface area (Å²) in [5.74, 6) is 2.15. The molecular formula is C12H20N4S2. The van der Waals surface area contributed by atoms with Gasteiger partial charge in [-0.3, -0.25) is 4.40 Å². The molecule has 0 radical (unpaired) electrons. The van der Waals surface area contributed by atoms with Gasteiger partial charge in [0.1, 0.15) is 0 Å². The lowest BCUT2D eigenvalue weighted by Gasteiger charge is -2.27. The number of hydrogen-bond acceptors (Lipinski definition) is 5. The first-order valence-corrected chi connectivity index (χ1v) is 8.36. The molecule has 0 bridgehead atoms. The summed E-state index contributed by atoms with van der Waals surface area (Å²) >= 11 is 3.53. The average molecular weight is 284 g/mol. The molecule has 18 heavy (non-hydrogen) atoms. The van der Waals surface area contributed by atoms with E-state index in [9.17, 15) is 0 Å². The van der Waals surface area contributed by atoms with E-state index in [0.29, 0.717) is 12.6 Å². The summed E-state index contributed by atoms with van der Waals surface area (Å²) in [5, 5.41) is 2.05. The van der Waals surface area contributed by atoms with Crippen molar-refractivity contribution in [1.82, 2.24) is 9.38 Å². The van der Waals surface area contributed by atoms with Crippen LogP contribution in [0.15, 0.2) is 11.6 Å². The Labute approximate surface area is 116 Å². The number of anilines is 1. The second kappa shape index (κ2) is 5.95. The Balaban J connectivity index is 2.36. The van der Waals surface area contributed by atoms with Gasteiger partial charge in [-0.2, -0.15) is 11.8 Å². The quantitative estimate of drug-likeness (QED) is 0.885. The fraction of sp³-hybridized carbons (Fsp3) is 0.583. The molecule has 0 spiro atoms. The summed E-state index contributed by atoms with van der Waals surface area (Å²) in [7, 11) is 2.12. The molecule has 0 amide bonds. The summed E-state index contributed by atoms with van der Waals surface area (Å²) in [6.07, 6.45) is 5.31. The van der Waals surface area contributed by atoms with Crippen LogP contribution in [0.4, 0.5) is 5.82 Å². The maximum atomic E-state index is 5.89. The zero-order valence-corrected chi connectivity index (χ0v) is 12.7. The molecule has 0 aliphatic rings. The van der Waals surface area contributed by atoms with E-state index in [1.54, 1.807) is 11.3 Å². The van der Waals surface area contributed by atoms with Crippen molar-refractivity contribution < 1.29 is 0 Å². The number of rotatable bonds is 6. The summed E-state index contributed by atoms with van der Waals surface area (Å²) in [6.45, 7) is 2.74. The molecule has 2 aromatic rings. The minimum Gasteiger partial charge on any atom is -0.354 e. The molecule has 0 fully saturated rings. The van der Waals surface area contributed by atoms with Gasteiger partial charge in [0.05, 0.1) is 5.69 Å². The van der Waals surface area contributed by atoms with Crippen molar-refractivity contribution in [3.63, 3.8) is 0 Å². The molecule has 2 aromatic heterocycles. The molecule has 0 aliphatic carbocycles. The molecule has 0 aliphatic heterocycles. The van der Waals surface area contributed by atoms with Crippen LogP contribution in [0.2, 0.25) is 0 Å². The predicted molar refractivity (Wildman–Crippen MR) is 81.8 cm³/mol. The van der Waals surface area contributed by atoms with E-state index in [1.165, 1.54) is 0 Å². The Morgan fingerprint density at radius 3 is 3.00 bits per heavy atom. The second-order valence-corrected chi connectivity index (χ2v) is 6.05. The van der Waals surface area contributed by atoms with Gasteiger partial charge in [0, 0.05) is 37.0 Å². The monoisotopic (exact) mass is 284 g/mol. The summed E-state index contributed by atoms with van der Waals surface area (Å²) in [4.78, 5) is 8.01. The van der Waals surface area contributed by atoms with Gasteiger partial charge in [-0.1, -0.05) is 6.92 Å². The van der Waals surface area contributed by atoms with E-state index in [2.05, 4.69) is 29.5 Å².